The number of nitrogens with two attached hydrogens (primary N) is 1. The zero-order valence-corrected chi connectivity index (χ0v) is 19.8. The number of pyridine rings is 2. The number of fused-ring (bicyclic) bond motifs is 1. The summed E-state index contributed by atoms with van der Waals surface area (Å²) in [7, 11) is 0. The number of nitrogens with one attached hydrogen (secondary N) is 2. The first-order valence-corrected chi connectivity index (χ1v) is 11.6. The molecule has 0 atom stereocenters. The number of anilines is 1. The molecule has 4 N–H and O–H groups in total. The molecule has 3 aromatic heterocycles. The molecule has 2 aromatic carbocycles. The topological polar surface area (TPSA) is 136 Å². The molecule has 182 valence electrons. The summed E-state index contributed by atoms with van der Waals surface area (Å²) in [5.41, 5.74) is 9.59. The van der Waals surface area contributed by atoms with Crippen molar-refractivity contribution in [2.24, 2.45) is 5.73 Å². The van der Waals surface area contributed by atoms with Gasteiger partial charge in [0.05, 0.1) is 35.2 Å². The second kappa shape index (κ2) is 10.6. The molecule has 2 amide bonds. The van der Waals surface area contributed by atoms with E-state index in [0.29, 0.717) is 23.8 Å². The number of aromatic nitrogens is 4. The number of carbonyl (C=O) groups is 2. The lowest BCUT2D eigenvalue weighted by atomic mass is 10.0. The van der Waals surface area contributed by atoms with Crippen molar-refractivity contribution >= 4 is 28.5 Å². The van der Waals surface area contributed by atoms with Crippen LogP contribution in [-0.2, 0) is 11.3 Å². The van der Waals surface area contributed by atoms with Crippen molar-refractivity contribution in [2.45, 2.75) is 6.54 Å². The standard InChI is InChI=1S/C28H23N7O2/c29-24(36)17-33-28(37)20-13-19(14-30-15-20)26-34-23-11-6-10-22(18-7-2-1-3-8-18)25(23)27(35-26)32-16-21-9-4-5-12-31-21/h1-15H,16-17H2,(H2,29,36)(H,33,37)(H,32,34,35). The van der Waals surface area contributed by atoms with Crippen molar-refractivity contribution in [2.75, 3.05) is 11.9 Å². The molecule has 0 saturated carbocycles. The first-order chi connectivity index (χ1) is 18.1. The predicted molar refractivity (Wildman–Crippen MR) is 141 cm³/mol. The van der Waals surface area contributed by atoms with Crippen LogP contribution < -0.4 is 16.4 Å². The molecule has 0 unspecified atom stereocenters. The van der Waals surface area contributed by atoms with Crippen LogP contribution >= 0.6 is 0 Å². The number of nitrogens with zero attached hydrogens (tertiary/aromatic N) is 4. The summed E-state index contributed by atoms with van der Waals surface area (Å²) in [6.45, 7) is 0.197. The van der Waals surface area contributed by atoms with Crippen molar-refractivity contribution in [1.29, 1.82) is 0 Å². The third kappa shape index (κ3) is 5.40. The number of rotatable bonds is 8. The Morgan fingerprint density at radius 2 is 1.70 bits per heavy atom. The Kier molecular flexibility index (Phi) is 6.76. The van der Waals surface area contributed by atoms with Crippen molar-refractivity contribution in [3.05, 3.63) is 103 Å². The molecule has 0 aliphatic carbocycles. The fourth-order valence-corrected chi connectivity index (χ4v) is 3.93. The molecule has 0 aliphatic heterocycles. The highest BCUT2D eigenvalue weighted by Gasteiger charge is 2.16. The van der Waals surface area contributed by atoms with Gasteiger partial charge in [-0.3, -0.25) is 19.6 Å². The van der Waals surface area contributed by atoms with Crippen LogP contribution in [0.25, 0.3) is 33.4 Å². The molecule has 0 fully saturated rings. The van der Waals surface area contributed by atoms with Gasteiger partial charge in [-0.15, -0.1) is 0 Å². The molecule has 9 nitrogen and oxygen atoms in total. The molecule has 3 heterocycles. The van der Waals surface area contributed by atoms with E-state index in [2.05, 4.69) is 20.6 Å². The number of hydrogen-bond donors (Lipinski definition) is 3. The van der Waals surface area contributed by atoms with Crippen LogP contribution in [0.4, 0.5) is 5.82 Å². The lowest BCUT2D eigenvalue weighted by Gasteiger charge is -2.14. The summed E-state index contributed by atoms with van der Waals surface area (Å²) in [4.78, 5) is 41.7. The Morgan fingerprint density at radius 1 is 0.865 bits per heavy atom. The Labute approximate surface area is 212 Å². The summed E-state index contributed by atoms with van der Waals surface area (Å²) < 4.78 is 0. The molecule has 37 heavy (non-hydrogen) atoms. The molecule has 9 heteroatoms. The Balaban J connectivity index is 1.60. The van der Waals surface area contributed by atoms with Gasteiger partial charge in [0, 0.05) is 24.2 Å². The van der Waals surface area contributed by atoms with Gasteiger partial charge in [0.25, 0.3) is 5.91 Å². The molecule has 0 aliphatic rings. The lowest BCUT2D eigenvalue weighted by Crippen LogP contribution is -2.33. The van der Waals surface area contributed by atoms with Gasteiger partial charge >= 0.3 is 0 Å². The van der Waals surface area contributed by atoms with E-state index < -0.39 is 11.8 Å². The molecular formula is C28H23N7O2. The van der Waals surface area contributed by atoms with Crippen molar-refractivity contribution in [1.82, 2.24) is 25.3 Å². The minimum atomic E-state index is -0.631. The Morgan fingerprint density at radius 3 is 2.49 bits per heavy atom. The van der Waals surface area contributed by atoms with Gasteiger partial charge in [0.15, 0.2) is 5.82 Å². The van der Waals surface area contributed by atoms with E-state index >= 15 is 0 Å². The molecule has 0 radical (unpaired) electrons. The van der Waals surface area contributed by atoms with E-state index in [4.69, 9.17) is 15.7 Å². The minimum absolute atomic E-state index is 0.264. The van der Waals surface area contributed by atoms with E-state index in [-0.39, 0.29) is 12.1 Å². The zero-order valence-electron chi connectivity index (χ0n) is 19.8. The van der Waals surface area contributed by atoms with Crippen LogP contribution in [0.1, 0.15) is 16.1 Å². The van der Waals surface area contributed by atoms with Gasteiger partial charge in [-0.05, 0) is 35.4 Å². The van der Waals surface area contributed by atoms with Crippen LogP contribution in [-0.4, -0.2) is 38.3 Å². The van der Waals surface area contributed by atoms with Gasteiger partial charge in [0.1, 0.15) is 5.82 Å². The van der Waals surface area contributed by atoms with E-state index in [9.17, 15) is 9.59 Å². The molecule has 5 aromatic rings. The van der Waals surface area contributed by atoms with Crippen LogP contribution in [0, 0.1) is 0 Å². The van der Waals surface area contributed by atoms with Gasteiger partial charge in [-0.2, -0.15) is 0 Å². The normalized spacial score (nSPS) is 10.7. The van der Waals surface area contributed by atoms with Crippen LogP contribution in [0.5, 0.6) is 0 Å². The molecule has 5 rings (SSSR count). The highest BCUT2D eigenvalue weighted by Crippen LogP contribution is 2.34. The summed E-state index contributed by atoms with van der Waals surface area (Å²) in [6.07, 6.45) is 4.75. The fraction of sp³-hybridized carbons (Fsp3) is 0.0714. The molecule has 0 bridgehead atoms. The number of primary amides is 1. The van der Waals surface area contributed by atoms with E-state index in [1.54, 1.807) is 18.5 Å². The lowest BCUT2D eigenvalue weighted by molar-refractivity contribution is -0.117. The van der Waals surface area contributed by atoms with Gasteiger partial charge in [0.2, 0.25) is 5.91 Å². The van der Waals surface area contributed by atoms with Crippen molar-refractivity contribution < 1.29 is 9.59 Å². The van der Waals surface area contributed by atoms with Crippen molar-refractivity contribution in [3.8, 4) is 22.5 Å². The average Bonchev–Trinajstić information content (AvgIpc) is 2.95. The summed E-state index contributed by atoms with van der Waals surface area (Å²) >= 11 is 0. The maximum Gasteiger partial charge on any atom is 0.253 e. The third-order valence-electron chi connectivity index (χ3n) is 5.65. The number of benzene rings is 2. The minimum Gasteiger partial charge on any atom is -0.368 e. The van der Waals surface area contributed by atoms with Crippen LogP contribution in [0.3, 0.4) is 0 Å². The predicted octanol–water partition coefficient (Wildman–Crippen LogP) is 3.58. The van der Waals surface area contributed by atoms with Gasteiger partial charge in [-0.1, -0.05) is 48.5 Å². The number of carbonyl (C=O) groups excluding carboxylic acids is 2. The van der Waals surface area contributed by atoms with E-state index in [1.807, 2.05) is 66.7 Å². The average molecular weight is 490 g/mol. The van der Waals surface area contributed by atoms with Crippen molar-refractivity contribution in [3.63, 3.8) is 0 Å². The highest BCUT2D eigenvalue weighted by atomic mass is 16.2. The Bertz CT molecular complexity index is 1570. The van der Waals surface area contributed by atoms with Crippen LogP contribution in [0.2, 0.25) is 0 Å². The van der Waals surface area contributed by atoms with Gasteiger partial charge < -0.3 is 16.4 Å². The molecule has 0 saturated heterocycles. The first-order valence-electron chi connectivity index (χ1n) is 11.6. The molecular weight excluding hydrogens is 466 g/mol. The van der Waals surface area contributed by atoms with E-state index in [0.717, 1.165) is 27.7 Å². The first kappa shape index (κ1) is 23.6. The highest BCUT2D eigenvalue weighted by molar-refractivity contribution is 6.03. The summed E-state index contributed by atoms with van der Waals surface area (Å²) in [5, 5.41) is 6.77. The maximum absolute atomic E-state index is 12.5. The zero-order chi connectivity index (χ0) is 25.6. The SMILES string of the molecule is NC(=O)CNC(=O)c1cncc(-c2nc(NCc3ccccn3)c3c(-c4ccccc4)cccc3n2)c1. The van der Waals surface area contributed by atoms with Crippen LogP contribution in [0.15, 0.2) is 91.4 Å². The van der Waals surface area contributed by atoms with E-state index in [1.165, 1.54) is 6.20 Å². The number of amides is 2. The largest absolute Gasteiger partial charge is 0.368 e. The second-order valence-electron chi connectivity index (χ2n) is 8.25. The second-order valence-corrected chi connectivity index (χ2v) is 8.25. The monoisotopic (exact) mass is 489 g/mol. The summed E-state index contributed by atoms with van der Waals surface area (Å²) in [6, 6.07) is 23.3. The Hall–Kier alpha value is -5.18. The summed E-state index contributed by atoms with van der Waals surface area (Å²) in [5.74, 6) is -0.0612. The third-order valence-corrected chi connectivity index (χ3v) is 5.65. The molecule has 0 spiro atoms. The quantitative estimate of drug-likeness (QED) is 0.303. The van der Waals surface area contributed by atoms with Gasteiger partial charge in [-0.25, -0.2) is 9.97 Å². The maximum atomic E-state index is 12.5. The smallest absolute Gasteiger partial charge is 0.253 e. The fourth-order valence-electron chi connectivity index (χ4n) is 3.93. The number of hydrogen-bond acceptors (Lipinski definition) is 7.